The van der Waals surface area contributed by atoms with E-state index < -0.39 is 0 Å². The number of likely N-dealkylation sites (tertiary alicyclic amines) is 1. The van der Waals surface area contributed by atoms with Gasteiger partial charge in [-0.2, -0.15) is 0 Å². The van der Waals surface area contributed by atoms with E-state index in [0.717, 1.165) is 37.3 Å². The Kier molecular flexibility index (Phi) is 7.87. The third-order valence-electron chi connectivity index (χ3n) is 3.65. The van der Waals surface area contributed by atoms with Crippen LogP contribution in [0, 0.1) is 11.8 Å². The van der Waals surface area contributed by atoms with Crippen molar-refractivity contribution in [2.75, 3.05) is 39.8 Å². The molecule has 0 bridgehead atoms. The van der Waals surface area contributed by atoms with Crippen molar-refractivity contribution in [3.8, 4) is 0 Å². The normalized spacial score (nSPS) is 25.4. The fourth-order valence-electron chi connectivity index (χ4n) is 2.95. The van der Waals surface area contributed by atoms with Gasteiger partial charge in [-0.15, -0.1) is 0 Å². The van der Waals surface area contributed by atoms with E-state index in [1.807, 2.05) is 7.05 Å². The van der Waals surface area contributed by atoms with Crippen LogP contribution in [0.2, 0.25) is 0 Å². The Balaban J connectivity index is 2.12. The van der Waals surface area contributed by atoms with Crippen molar-refractivity contribution in [2.45, 2.75) is 40.0 Å². The number of nitrogens with zero attached hydrogens (tertiary/aromatic N) is 2. The fourth-order valence-corrected chi connectivity index (χ4v) is 2.95. The highest BCUT2D eigenvalue weighted by atomic mass is 15.2. The Morgan fingerprint density at radius 2 is 1.79 bits per heavy atom. The Bertz CT molecular complexity index is 255. The van der Waals surface area contributed by atoms with E-state index in [1.165, 1.54) is 32.5 Å². The minimum Gasteiger partial charge on any atom is -0.356 e. The van der Waals surface area contributed by atoms with Gasteiger partial charge in [-0.3, -0.25) is 4.99 Å². The number of piperidine rings is 1. The van der Waals surface area contributed by atoms with Crippen LogP contribution in [0.4, 0.5) is 0 Å². The van der Waals surface area contributed by atoms with E-state index >= 15 is 0 Å². The van der Waals surface area contributed by atoms with Crippen LogP contribution in [-0.4, -0.2) is 50.6 Å². The number of aliphatic imine (C=N–C) groups is 1. The van der Waals surface area contributed by atoms with Gasteiger partial charge in [0.15, 0.2) is 5.96 Å². The monoisotopic (exact) mass is 268 g/mol. The summed E-state index contributed by atoms with van der Waals surface area (Å²) in [5, 5.41) is 6.68. The molecule has 0 aromatic carbocycles. The largest absolute Gasteiger partial charge is 0.356 e. The van der Waals surface area contributed by atoms with Crippen LogP contribution in [0.5, 0.6) is 0 Å². The van der Waals surface area contributed by atoms with E-state index in [-0.39, 0.29) is 0 Å². The molecule has 1 heterocycles. The topological polar surface area (TPSA) is 39.7 Å². The molecular weight excluding hydrogens is 236 g/mol. The molecule has 1 aliphatic rings. The molecule has 2 N–H and O–H groups in total. The van der Waals surface area contributed by atoms with E-state index in [9.17, 15) is 0 Å². The van der Waals surface area contributed by atoms with Crippen molar-refractivity contribution in [3.05, 3.63) is 0 Å². The average molecular weight is 268 g/mol. The van der Waals surface area contributed by atoms with Crippen molar-refractivity contribution in [1.29, 1.82) is 0 Å². The van der Waals surface area contributed by atoms with E-state index in [2.05, 4.69) is 41.3 Å². The van der Waals surface area contributed by atoms with E-state index in [0.29, 0.717) is 0 Å². The molecule has 4 nitrogen and oxygen atoms in total. The predicted octanol–water partition coefficient (Wildman–Crippen LogP) is 1.93. The fraction of sp³-hybridized carbons (Fsp3) is 0.933. The van der Waals surface area contributed by atoms with Gasteiger partial charge in [-0.05, 0) is 37.6 Å². The van der Waals surface area contributed by atoms with Crippen LogP contribution >= 0.6 is 0 Å². The number of rotatable bonds is 6. The number of hydrogen-bond donors (Lipinski definition) is 2. The van der Waals surface area contributed by atoms with Crippen LogP contribution in [-0.2, 0) is 0 Å². The molecule has 2 unspecified atom stereocenters. The second-order valence-corrected chi connectivity index (χ2v) is 5.98. The zero-order valence-electron chi connectivity index (χ0n) is 13.2. The van der Waals surface area contributed by atoms with Crippen molar-refractivity contribution >= 4 is 5.96 Å². The van der Waals surface area contributed by atoms with Crippen LogP contribution in [0.25, 0.3) is 0 Å². The first-order valence-corrected chi connectivity index (χ1v) is 7.82. The molecule has 0 aromatic rings. The van der Waals surface area contributed by atoms with Gasteiger partial charge in [0.05, 0.1) is 0 Å². The molecule has 0 amide bonds. The molecule has 0 radical (unpaired) electrons. The Morgan fingerprint density at radius 1 is 1.16 bits per heavy atom. The first kappa shape index (κ1) is 16.3. The molecule has 0 saturated carbocycles. The smallest absolute Gasteiger partial charge is 0.190 e. The zero-order valence-corrected chi connectivity index (χ0v) is 13.2. The number of nitrogens with one attached hydrogen (secondary N) is 2. The summed E-state index contributed by atoms with van der Waals surface area (Å²) in [6, 6.07) is 0. The Hall–Kier alpha value is -0.770. The first-order valence-electron chi connectivity index (χ1n) is 7.82. The van der Waals surface area contributed by atoms with Crippen LogP contribution in [0.1, 0.15) is 40.0 Å². The lowest BCUT2D eigenvalue weighted by molar-refractivity contribution is 0.140. The van der Waals surface area contributed by atoms with Crippen LogP contribution in [0.15, 0.2) is 4.99 Å². The summed E-state index contributed by atoms with van der Waals surface area (Å²) < 4.78 is 0. The van der Waals surface area contributed by atoms with Gasteiger partial charge in [0.25, 0.3) is 0 Å². The minimum absolute atomic E-state index is 0.857. The van der Waals surface area contributed by atoms with Gasteiger partial charge in [0.1, 0.15) is 0 Å². The molecule has 112 valence electrons. The lowest BCUT2D eigenvalue weighted by atomic mass is 9.92. The number of guanidine groups is 1. The summed E-state index contributed by atoms with van der Waals surface area (Å²) in [5.74, 6) is 2.65. The third kappa shape index (κ3) is 6.81. The molecule has 0 aliphatic carbocycles. The maximum Gasteiger partial charge on any atom is 0.190 e. The molecule has 4 heteroatoms. The van der Waals surface area contributed by atoms with E-state index in [1.54, 1.807) is 0 Å². The predicted molar refractivity (Wildman–Crippen MR) is 83.7 cm³/mol. The molecule has 1 rings (SSSR count). The average Bonchev–Trinajstić information content (AvgIpc) is 2.37. The van der Waals surface area contributed by atoms with Gasteiger partial charge < -0.3 is 15.5 Å². The zero-order chi connectivity index (χ0) is 14.1. The second-order valence-electron chi connectivity index (χ2n) is 5.98. The standard InChI is InChI=1S/C15H32N4/c1-5-7-17-15(16-4)18-8-6-9-19-11-13(2)10-14(3)12-19/h13-14H,5-12H2,1-4H3,(H2,16,17,18). The maximum atomic E-state index is 4.21. The van der Waals surface area contributed by atoms with Gasteiger partial charge in [-0.1, -0.05) is 20.8 Å². The Labute approximate surface area is 119 Å². The maximum absolute atomic E-state index is 4.21. The SMILES string of the molecule is CCCNC(=NC)NCCCN1CC(C)CC(C)C1. The van der Waals surface area contributed by atoms with Crippen molar-refractivity contribution in [1.82, 2.24) is 15.5 Å². The molecule has 0 spiro atoms. The molecule has 1 aliphatic heterocycles. The first-order chi connectivity index (χ1) is 9.15. The molecule has 1 fully saturated rings. The van der Waals surface area contributed by atoms with Gasteiger partial charge >= 0.3 is 0 Å². The number of hydrogen-bond acceptors (Lipinski definition) is 2. The minimum atomic E-state index is 0.857. The highest BCUT2D eigenvalue weighted by molar-refractivity contribution is 5.79. The molecule has 0 aromatic heterocycles. The van der Waals surface area contributed by atoms with E-state index in [4.69, 9.17) is 0 Å². The lowest BCUT2D eigenvalue weighted by Crippen LogP contribution is -2.41. The highest BCUT2D eigenvalue weighted by Crippen LogP contribution is 2.20. The quantitative estimate of drug-likeness (QED) is 0.439. The lowest BCUT2D eigenvalue weighted by Gasteiger charge is -2.35. The summed E-state index contributed by atoms with van der Waals surface area (Å²) in [6.07, 6.45) is 3.71. The van der Waals surface area contributed by atoms with Gasteiger partial charge in [-0.25, -0.2) is 0 Å². The molecular formula is C15H32N4. The van der Waals surface area contributed by atoms with Gasteiger partial charge in [0.2, 0.25) is 0 Å². The second kappa shape index (κ2) is 9.18. The van der Waals surface area contributed by atoms with Crippen LogP contribution < -0.4 is 10.6 Å². The molecule has 19 heavy (non-hydrogen) atoms. The summed E-state index contributed by atoms with van der Waals surface area (Å²) in [7, 11) is 1.83. The summed E-state index contributed by atoms with van der Waals surface area (Å²) in [4.78, 5) is 6.83. The summed E-state index contributed by atoms with van der Waals surface area (Å²) >= 11 is 0. The Morgan fingerprint density at radius 3 is 2.37 bits per heavy atom. The third-order valence-corrected chi connectivity index (χ3v) is 3.65. The van der Waals surface area contributed by atoms with Gasteiger partial charge in [0, 0.05) is 33.2 Å². The van der Waals surface area contributed by atoms with Crippen LogP contribution in [0.3, 0.4) is 0 Å². The summed E-state index contributed by atoms with van der Waals surface area (Å²) in [5.41, 5.74) is 0. The molecule has 1 saturated heterocycles. The van der Waals surface area contributed by atoms with Crippen molar-refractivity contribution in [2.24, 2.45) is 16.8 Å². The highest BCUT2D eigenvalue weighted by Gasteiger charge is 2.20. The van der Waals surface area contributed by atoms with Crippen molar-refractivity contribution in [3.63, 3.8) is 0 Å². The summed E-state index contributed by atoms with van der Waals surface area (Å²) in [6.45, 7) is 12.6. The molecule has 2 atom stereocenters. The van der Waals surface area contributed by atoms with Crippen molar-refractivity contribution < 1.29 is 0 Å².